The van der Waals surface area contributed by atoms with Crippen LogP contribution >= 0.6 is 15.9 Å². The lowest BCUT2D eigenvalue weighted by Crippen LogP contribution is -2.37. The topological polar surface area (TPSA) is 94.8 Å². The van der Waals surface area contributed by atoms with E-state index in [-0.39, 0.29) is 23.3 Å². The van der Waals surface area contributed by atoms with Gasteiger partial charge in [-0.2, -0.15) is 0 Å². The van der Waals surface area contributed by atoms with Gasteiger partial charge < -0.3 is 15.3 Å². The van der Waals surface area contributed by atoms with E-state index in [1.807, 2.05) is 0 Å². The predicted molar refractivity (Wildman–Crippen MR) is 79.2 cm³/mol. The second-order valence-electron chi connectivity index (χ2n) is 4.91. The van der Waals surface area contributed by atoms with Gasteiger partial charge in [-0.15, -0.1) is 0 Å². The van der Waals surface area contributed by atoms with Crippen molar-refractivity contribution < 1.29 is 24.9 Å². The summed E-state index contributed by atoms with van der Waals surface area (Å²) in [6.07, 6.45) is 2.68. The van der Waals surface area contributed by atoms with Gasteiger partial charge in [-0.3, -0.25) is 4.79 Å². The Bertz CT molecular complexity index is 689. The van der Waals surface area contributed by atoms with Crippen molar-refractivity contribution in [1.29, 1.82) is 0 Å². The Balaban J connectivity index is 2.65. The van der Waals surface area contributed by atoms with Crippen LogP contribution in [0.5, 0.6) is 5.75 Å². The summed E-state index contributed by atoms with van der Waals surface area (Å²) < 4.78 is 0.604. The molecule has 21 heavy (non-hydrogen) atoms. The van der Waals surface area contributed by atoms with Crippen LogP contribution in [0.3, 0.4) is 0 Å². The molecule has 1 aromatic rings. The van der Waals surface area contributed by atoms with Gasteiger partial charge in [-0.25, -0.2) is 4.79 Å². The van der Waals surface area contributed by atoms with Crippen molar-refractivity contribution >= 4 is 27.9 Å². The molecule has 0 spiro atoms. The van der Waals surface area contributed by atoms with Gasteiger partial charge in [-0.05, 0) is 30.7 Å². The van der Waals surface area contributed by atoms with Crippen LogP contribution in [0.4, 0.5) is 0 Å². The number of aromatic hydroxyl groups is 1. The van der Waals surface area contributed by atoms with Crippen LogP contribution < -0.4 is 0 Å². The van der Waals surface area contributed by atoms with Gasteiger partial charge in [0.05, 0.1) is 0 Å². The molecule has 5 nitrogen and oxygen atoms in total. The van der Waals surface area contributed by atoms with E-state index in [4.69, 9.17) is 0 Å². The van der Waals surface area contributed by atoms with E-state index in [0.717, 1.165) is 0 Å². The molecule has 2 rings (SSSR count). The van der Waals surface area contributed by atoms with Gasteiger partial charge in [0.15, 0.2) is 0 Å². The third-order valence-corrected chi connectivity index (χ3v) is 4.12. The van der Waals surface area contributed by atoms with E-state index in [1.54, 1.807) is 13.0 Å². The van der Waals surface area contributed by atoms with Crippen LogP contribution in [0.2, 0.25) is 0 Å². The first-order chi connectivity index (χ1) is 9.78. The molecular weight excluding hydrogens is 340 g/mol. The molecule has 0 saturated heterocycles. The van der Waals surface area contributed by atoms with Crippen molar-refractivity contribution in [3.63, 3.8) is 0 Å². The van der Waals surface area contributed by atoms with E-state index < -0.39 is 17.4 Å². The number of halogens is 1. The molecule has 1 atom stereocenters. The Labute approximate surface area is 129 Å². The molecule has 0 radical (unpaired) electrons. The van der Waals surface area contributed by atoms with Crippen LogP contribution in [0.15, 0.2) is 46.0 Å². The number of aliphatic carboxylic acids is 2. The van der Waals surface area contributed by atoms with Crippen molar-refractivity contribution in [3.05, 3.63) is 51.5 Å². The van der Waals surface area contributed by atoms with Crippen LogP contribution in [0, 0.1) is 0 Å². The molecule has 110 valence electrons. The number of benzene rings is 1. The van der Waals surface area contributed by atoms with Crippen LogP contribution in [-0.4, -0.2) is 27.3 Å². The summed E-state index contributed by atoms with van der Waals surface area (Å²) in [7, 11) is 0. The minimum Gasteiger partial charge on any atom is -0.508 e. The summed E-state index contributed by atoms with van der Waals surface area (Å²) in [6, 6.07) is 4.46. The quantitative estimate of drug-likeness (QED) is 0.777. The zero-order valence-corrected chi connectivity index (χ0v) is 12.7. The number of phenolic OH excluding ortho intramolecular Hbond substituents is 1. The van der Waals surface area contributed by atoms with Gasteiger partial charge in [0.25, 0.3) is 0 Å². The van der Waals surface area contributed by atoms with Gasteiger partial charge in [-0.1, -0.05) is 28.1 Å². The summed E-state index contributed by atoms with van der Waals surface area (Å²) in [5, 5.41) is 28.9. The van der Waals surface area contributed by atoms with Crippen LogP contribution in [-0.2, 0) is 15.0 Å². The van der Waals surface area contributed by atoms with Gasteiger partial charge in [0.2, 0.25) is 0 Å². The predicted octanol–water partition coefficient (Wildman–Crippen LogP) is 2.84. The van der Waals surface area contributed by atoms with E-state index in [9.17, 15) is 24.9 Å². The summed E-state index contributed by atoms with van der Waals surface area (Å²) >= 11 is 3.24. The molecule has 3 N–H and O–H groups in total. The molecule has 0 saturated carbocycles. The van der Waals surface area contributed by atoms with E-state index in [0.29, 0.717) is 10.0 Å². The maximum atomic E-state index is 11.8. The van der Waals surface area contributed by atoms with E-state index in [1.165, 1.54) is 24.3 Å². The van der Waals surface area contributed by atoms with Gasteiger partial charge in [0.1, 0.15) is 11.2 Å². The second-order valence-corrected chi connectivity index (χ2v) is 5.83. The third-order valence-electron chi connectivity index (χ3n) is 3.63. The summed E-state index contributed by atoms with van der Waals surface area (Å²) in [5.74, 6) is -2.55. The number of allylic oxidation sites excluding steroid dienone is 2. The number of carbonyl (C=O) groups is 2. The highest BCUT2D eigenvalue weighted by molar-refractivity contribution is 9.10. The largest absolute Gasteiger partial charge is 0.508 e. The first-order valence-corrected chi connectivity index (χ1v) is 6.92. The standard InChI is InChI=1S/C15H13BrO5/c1-8-4-5-15(14(20)21,7-10(8)13(18)19)11-6-9(16)2-3-12(11)17/h2-6,17H,7H2,1H3,(H,18,19)(H,20,21). The summed E-state index contributed by atoms with van der Waals surface area (Å²) in [4.78, 5) is 23.1. The van der Waals surface area contributed by atoms with Crippen molar-refractivity contribution in [3.8, 4) is 5.75 Å². The molecule has 0 bridgehead atoms. The smallest absolute Gasteiger partial charge is 0.331 e. The minimum absolute atomic E-state index is 0.0271. The fourth-order valence-electron chi connectivity index (χ4n) is 2.40. The average molecular weight is 353 g/mol. The van der Waals surface area contributed by atoms with E-state index in [2.05, 4.69) is 15.9 Å². The highest BCUT2D eigenvalue weighted by Crippen LogP contribution is 2.42. The third kappa shape index (κ3) is 2.58. The van der Waals surface area contributed by atoms with Crippen LogP contribution in [0.25, 0.3) is 0 Å². The lowest BCUT2D eigenvalue weighted by atomic mass is 9.71. The average Bonchev–Trinajstić information content (AvgIpc) is 2.42. The molecule has 0 amide bonds. The number of carboxylic acids is 2. The Hall–Kier alpha value is -2.08. The molecule has 1 aliphatic carbocycles. The van der Waals surface area contributed by atoms with Gasteiger partial charge in [0, 0.05) is 22.0 Å². The number of rotatable bonds is 3. The lowest BCUT2D eigenvalue weighted by Gasteiger charge is -2.31. The zero-order valence-electron chi connectivity index (χ0n) is 11.1. The number of hydrogen-bond acceptors (Lipinski definition) is 3. The monoisotopic (exact) mass is 352 g/mol. The maximum absolute atomic E-state index is 11.8. The zero-order chi connectivity index (χ0) is 15.8. The number of hydrogen-bond donors (Lipinski definition) is 3. The SMILES string of the molecule is CC1=C(C(=O)O)CC(C(=O)O)(c2cc(Br)ccc2O)C=C1. The Morgan fingerprint density at radius 3 is 2.52 bits per heavy atom. The summed E-state index contributed by atoms with van der Waals surface area (Å²) in [5.41, 5.74) is -0.902. The Morgan fingerprint density at radius 1 is 1.29 bits per heavy atom. The molecule has 1 aromatic carbocycles. The lowest BCUT2D eigenvalue weighted by molar-refractivity contribution is -0.142. The van der Waals surface area contributed by atoms with E-state index >= 15 is 0 Å². The molecular formula is C15H13BrO5. The first-order valence-electron chi connectivity index (χ1n) is 6.12. The minimum atomic E-state index is -1.60. The number of phenols is 1. The number of carboxylic acid groups (broad SMARTS) is 2. The fourth-order valence-corrected chi connectivity index (χ4v) is 2.76. The summed E-state index contributed by atoms with van der Waals surface area (Å²) in [6.45, 7) is 1.62. The molecule has 0 aliphatic heterocycles. The molecule has 1 aliphatic rings. The van der Waals surface area contributed by atoms with Gasteiger partial charge >= 0.3 is 11.9 Å². The molecule has 6 heteroatoms. The van der Waals surface area contributed by atoms with Crippen LogP contribution in [0.1, 0.15) is 18.9 Å². The van der Waals surface area contributed by atoms with Crippen molar-refractivity contribution in [2.24, 2.45) is 0 Å². The first kappa shape index (κ1) is 15.3. The normalized spacial score (nSPS) is 21.4. The Kier molecular flexibility index (Phi) is 3.91. The van der Waals surface area contributed by atoms with Crippen molar-refractivity contribution in [2.75, 3.05) is 0 Å². The van der Waals surface area contributed by atoms with Crippen molar-refractivity contribution in [1.82, 2.24) is 0 Å². The highest BCUT2D eigenvalue weighted by Gasteiger charge is 2.44. The fraction of sp³-hybridized carbons (Fsp3) is 0.200. The molecule has 0 fully saturated rings. The molecule has 1 unspecified atom stereocenters. The highest BCUT2D eigenvalue weighted by atomic mass is 79.9. The Morgan fingerprint density at radius 2 is 1.95 bits per heavy atom. The molecule has 0 heterocycles. The second kappa shape index (κ2) is 5.37. The maximum Gasteiger partial charge on any atom is 0.331 e. The molecule has 0 aromatic heterocycles. The van der Waals surface area contributed by atoms with Crippen molar-refractivity contribution in [2.45, 2.75) is 18.8 Å².